The Morgan fingerprint density at radius 1 is 1.17 bits per heavy atom. The highest BCUT2D eigenvalue weighted by molar-refractivity contribution is 7.15. The number of esters is 1. The Labute approximate surface area is 171 Å². The fourth-order valence-electron chi connectivity index (χ4n) is 2.79. The van der Waals surface area contributed by atoms with Gasteiger partial charge < -0.3 is 10.1 Å². The molecule has 0 aliphatic heterocycles. The van der Waals surface area contributed by atoms with Gasteiger partial charge >= 0.3 is 5.97 Å². The Morgan fingerprint density at radius 3 is 2.52 bits per heavy atom. The Bertz CT molecular complexity index is 1070. The number of thiophene rings is 1. The molecular weight excluding hydrogens is 392 g/mol. The first-order valence-electron chi connectivity index (χ1n) is 8.82. The van der Waals surface area contributed by atoms with Crippen LogP contribution in [0.4, 0.5) is 10.7 Å². The van der Waals surface area contributed by atoms with Crippen molar-refractivity contribution < 1.29 is 19.2 Å². The Kier molecular flexibility index (Phi) is 6.04. The van der Waals surface area contributed by atoms with Gasteiger partial charge in [0.15, 0.2) is 0 Å². The summed E-state index contributed by atoms with van der Waals surface area (Å²) in [6, 6.07) is 13.0. The summed E-state index contributed by atoms with van der Waals surface area (Å²) in [5.41, 5.74) is 2.77. The van der Waals surface area contributed by atoms with Crippen LogP contribution in [-0.2, 0) is 4.74 Å². The van der Waals surface area contributed by atoms with Crippen LogP contribution in [0.2, 0.25) is 0 Å². The molecular formula is C21H18N2O5S. The molecule has 1 heterocycles. The number of nitro benzene ring substituents is 1. The lowest BCUT2D eigenvalue weighted by Gasteiger charge is -2.09. The monoisotopic (exact) mass is 410 g/mol. The minimum Gasteiger partial charge on any atom is -0.462 e. The number of carbonyl (C=O) groups excluding carboxylic acids is 2. The van der Waals surface area contributed by atoms with E-state index in [0.29, 0.717) is 21.7 Å². The van der Waals surface area contributed by atoms with Crippen molar-refractivity contribution in [2.24, 2.45) is 0 Å². The molecule has 0 bridgehead atoms. The summed E-state index contributed by atoms with van der Waals surface area (Å²) < 4.78 is 5.17. The van der Waals surface area contributed by atoms with Gasteiger partial charge in [0, 0.05) is 28.6 Å². The molecule has 3 rings (SSSR count). The first-order chi connectivity index (χ1) is 13.9. The van der Waals surface area contributed by atoms with E-state index in [1.54, 1.807) is 42.6 Å². The topological polar surface area (TPSA) is 98.5 Å². The molecule has 0 unspecified atom stereocenters. The first kappa shape index (κ1) is 20.2. The Hall–Kier alpha value is -3.52. The van der Waals surface area contributed by atoms with Crippen molar-refractivity contribution in [1.29, 1.82) is 0 Å². The number of nitro groups is 1. The molecule has 29 heavy (non-hydrogen) atoms. The van der Waals surface area contributed by atoms with E-state index in [4.69, 9.17) is 4.74 Å². The summed E-state index contributed by atoms with van der Waals surface area (Å²) in [6.45, 7) is 3.76. The summed E-state index contributed by atoms with van der Waals surface area (Å²) >= 11 is 1.20. The molecule has 0 radical (unpaired) electrons. The second kappa shape index (κ2) is 8.66. The zero-order valence-electron chi connectivity index (χ0n) is 15.8. The van der Waals surface area contributed by atoms with Crippen molar-refractivity contribution in [3.63, 3.8) is 0 Å². The fraction of sp³-hybridized carbons (Fsp3) is 0.143. The maximum absolute atomic E-state index is 12.6. The maximum Gasteiger partial charge on any atom is 0.341 e. The molecule has 3 aromatic rings. The normalized spacial score (nSPS) is 10.4. The second-order valence-corrected chi connectivity index (χ2v) is 7.08. The van der Waals surface area contributed by atoms with Gasteiger partial charge in [0.1, 0.15) is 10.6 Å². The molecule has 148 valence electrons. The van der Waals surface area contributed by atoms with Gasteiger partial charge in [0.25, 0.3) is 11.6 Å². The molecule has 0 spiro atoms. The first-order valence-corrected chi connectivity index (χ1v) is 9.70. The third kappa shape index (κ3) is 4.49. The quantitative estimate of drug-likeness (QED) is 0.348. The summed E-state index contributed by atoms with van der Waals surface area (Å²) in [5, 5.41) is 15.7. The highest BCUT2D eigenvalue weighted by Crippen LogP contribution is 2.37. The van der Waals surface area contributed by atoms with Crippen molar-refractivity contribution in [1.82, 2.24) is 0 Å². The lowest BCUT2D eigenvalue weighted by atomic mass is 10.0. The van der Waals surface area contributed by atoms with Crippen LogP contribution >= 0.6 is 11.3 Å². The minimum absolute atomic E-state index is 0.0466. The fourth-order valence-corrected chi connectivity index (χ4v) is 3.74. The second-order valence-electron chi connectivity index (χ2n) is 6.20. The van der Waals surface area contributed by atoms with Gasteiger partial charge in [-0.15, -0.1) is 11.3 Å². The highest BCUT2D eigenvalue weighted by atomic mass is 32.1. The van der Waals surface area contributed by atoms with Crippen LogP contribution in [0.15, 0.2) is 53.9 Å². The van der Waals surface area contributed by atoms with E-state index in [1.165, 1.54) is 23.5 Å². The van der Waals surface area contributed by atoms with Crippen LogP contribution in [0.5, 0.6) is 0 Å². The summed E-state index contributed by atoms with van der Waals surface area (Å²) in [5.74, 6) is -0.905. The van der Waals surface area contributed by atoms with Gasteiger partial charge in [-0.25, -0.2) is 4.79 Å². The molecule has 2 aromatic carbocycles. The predicted octanol–water partition coefficient (Wildman–Crippen LogP) is 5.06. The van der Waals surface area contributed by atoms with Crippen LogP contribution in [0.25, 0.3) is 11.1 Å². The number of carbonyl (C=O) groups is 2. The summed E-state index contributed by atoms with van der Waals surface area (Å²) in [6.07, 6.45) is 0. The van der Waals surface area contributed by atoms with Crippen molar-refractivity contribution in [2.45, 2.75) is 13.8 Å². The number of non-ortho nitro benzene ring substituents is 1. The molecule has 1 N–H and O–H groups in total. The van der Waals surface area contributed by atoms with Crippen LogP contribution in [0.1, 0.15) is 33.2 Å². The Morgan fingerprint density at radius 2 is 1.90 bits per heavy atom. The number of hydrogen-bond acceptors (Lipinski definition) is 6. The van der Waals surface area contributed by atoms with Crippen molar-refractivity contribution in [3.05, 3.63) is 80.7 Å². The molecule has 1 amide bonds. The van der Waals surface area contributed by atoms with E-state index >= 15 is 0 Å². The average molecular weight is 410 g/mol. The standard InChI is InChI=1S/C21H18N2O5S/c1-3-28-21(25)18-17(14-7-9-16(10-8-14)23(26)27)12-29-20(18)22-19(24)15-6-4-5-13(2)11-15/h4-12H,3H2,1-2H3,(H,22,24). The number of anilines is 1. The lowest BCUT2D eigenvalue weighted by molar-refractivity contribution is -0.384. The van der Waals surface area contributed by atoms with Crippen molar-refractivity contribution >= 4 is 33.9 Å². The van der Waals surface area contributed by atoms with Gasteiger partial charge in [-0.1, -0.05) is 17.7 Å². The highest BCUT2D eigenvalue weighted by Gasteiger charge is 2.23. The molecule has 0 atom stereocenters. The van der Waals surface area contributed by atoms with Crippen LogP contribution in [-0.4, -0.2) is 23.4 Å². The predicted molar refractivity (Wildman–Crippen MR) is 111 cm³/mol. The van der Waals surface area contributed by atoms with E-state index < -0.39 is 10.9 Å². The Balaban J connectivity index is 1.98. The van der Waals surface area contributed by atoms with Gasteiger partial charge in [-0.2, -0.15) is 0 Å². The third-order valence-electron chi connectivity index (χ3n) is 4.17. The van der Waals surface area contributed by atoms with Gasteiger partial charge in [-0.3, -0.25) is 14.9 Å². The van der Waals surface area contributed by atoms with Crippen LogP contribution in [0.3, 0.4) is 0 Å². The van der Waals surface area contributed by atoms with Crippen molar-refractivity contribution in [2.75, 3.05) is 11.9 Å². The zero-order valence-corrected chi connectivity index (χ0v) is 16.6. The molecule has 0 fully saturated rings. The maximum atomic E-state index is 12.6. The van der Waals surface area contributed by atoms with Gasteiger partial charge in [0.2, 0.25) is 0 Å². The van der Waals surface area contributed by atoms with Crippen LogP contribution in [0, 0.1) is 17.0 Å². The smallest absolute Gasteiger partial charge is 0.341 e. The average Bonchev–Trinajstić information content (AvgIpc) is 3.11. The van der Waals surface area contributed by atoms with Crippen LogP contribution < -0.4 is 5.32 Å². The largest absolute Gasteiger partial charge is 0.462 e. The van der Waals surface area contributed by atoms with E-state index in [0.717, 1.165) is 5.56 Å². The molecule has 0 saturated carbocycles. The van der Waals surface area contributed by atoms with Gasteiger partial charge in [0.05, 0.1) is 11.5 Å². The van der Waals surface area contributed by atoms with E-state index in [-0.39, 0.29) is 23.8 Å². The minimum atomic E-state index is -0.568. The van der Waals surface area contributed by atoms with E-state index in [2.05, 4.69) is 5.32 Å². The summed E-state index contributed by atoms with van der Waals surface area (Å²) in [7, 11) is 0. The number of benzene rings is 2. The van der Waals surface area contributed by atoms with Crippen molar-refractivity contribution in [3.8, 4) is 11.1 Å². The number of ether oxygens (including phenoxy) is 1. The van der Waals surface area contributed by atoms with E-state index in [9.17, 15) is 19.7 Å². The number of aryl methyl sites for hydroxylation is 1. The number of nitrogens with one attached hydrogen (secondary N) is 1. The molecule has 0 saturated heterocycles. The van der Waals surface area contributed by atoms with Gasteiger partial charge in [-0.05, 0) is 43.7 Å². The molecule has 7 nitrogen and oxygen atoms in total. The number of hydrogen-bond donors (Lipinski definition) is 1. The molecule has 0 aliphatic rings. The third-order valence-corrected chi connectivity index (χ3v) is 5.06. The summed E-state index contributed by atoms with van der Waals surface area (Å²) in [4.78, 5) is 35.6. The molecule has 8 heteroatoms. The SMILES string of the molecule is CCOC(=O)c1c(-c2ccc([N+](=O)[O-])cc2)csc1NC(=O)c1cccc(C)c1. The number of rotatable bonds is 6. The zero-order chi connectivity index (χ0) is 21.0. The molecule has 1 aromatic heterocycles. The number of amides is 1. The number of nitrogens with zero attached hydrogens (tertiary/aromatic N) is 1. The van der Waals surface area contributed by atoms with E-state index in [1.807, 2.05) is 13.0 Å². The molecule has 0 aliphatic carbocycles. The lowest BCUT2D eigenvalue weighted by Crippen LogP contribution is -2.15.